The molecule has 0 aromatic heterocycles. The molecule has 0 saturated heterocycles. The van der Waals surface area contributed by atoms with Crippen molar-refractivity contribution in [3.8, 4) is 11.5 Å². The van der Waals surface area contributed by atoms with E-state index < -0.39 is 22.7 Å². The number of carbonyl (C=O) groups is 1. The molecule has 0 bridgehead atoms. The molecule has 0 amide bonds. The van der Waals surface area contributed by atoms with Gasteiger partial charge in [-0.15, -0.1) is 0 Å². The van der Waals surface area contributed by atoms with Gasteiger partial charge < -0.3 is 29.5 Å². The summed E-state index contributed by atoms with van der Waals surface area (Å²) in [5, 5.41) is 35.4. The average molecular weight is 554 g/mol. The predicted molar refractivity (Wildman–Crippen MR) is 149 cm³/mol. The number of aliphatic hydroxyl groups is 3. The minimum atomic E-state index is -1.07. The molecule has 7 unspecified atom stereocenters. The largest absolute Gasteiger partial charge is 0.493 e. The van der Waals surface area contributed by atoms with Crippen molar-refractivity contribution in [2.75, 3.05) is 20.8 Å². The van der Waals surface area contributed by atoms with Gasteiger partial charge >= 0.3 is 5.97 Å². The van der Waals surface area contributed by atoms with Crippen LogP contribution in [0.15, 0.2) is 34.8 Å². The molecular weight excluding hydrogens is 510 g/mol. The van der Waals surface area contributed by atoms with E-state index in [9.17, 15) is 20.1 Å². The summed E-state index contributed by atoms with van der Waals surface area (Å²) >= 11 is 0. The maximum Gasteiger partial charge on any atom is 0.331 e. The van der Waals surface area contributed by atoms with Gasteiger partial charge in [-0.2, -0.15) is 0 Å². The van der Waals surface area contributed by atoms with Gasteiger partial charge in [-0.1, -0.05) is 13.0 Å². The SMILES string of the molecule is COc1ccc(CN=CC23CCC(O)CC2(O)CCC2[C@@H]3CCC3(C)C(C4=CC(=O)OC4)CCC23O)cc1OC. The topological polar surface area (TPSA) is 118 Å². The molecule has 4 fully saturated rings. The number of benzene rings is 1. The molecule has 4 aliphatic carbocycles. The summed E-state index contributed by atoms with van der Waals surface area (Å²) in [6.07, 6.45) is 9.12. The third kappa shape index (κ3) is 3.97. The maximum atomic E-state index is 12.6. The monoisotopic (exact) mass is 553 g/mol. The zero-order valence-electron chi connectivity index (χ0n) is 23.9. The van der Waals surface area contributed by atoms with Crippen LogP contribution in [-0.2, 0) is 16.1 Å². The Morgan fingerprint density at radius 2 is 1.80 bits per heavy atom. The van der Waals surface area contributed by atoms with Crippen molar-refractivity contribution in [1.82, 2.24) is 0 Å². The Morgan fingerprint density at radius 3 is 2.52 bits per heavy atom. The number of hydrogen-bond acceptors (Lipinski definition) is 8. The van der Waals surface area contributed by atoms with E-state index in [1.165, 1.54) is 0 Å². The van der Waals surface area contributed by atoms with Crippen LogP contribution in [0, 0.1) is 28.6 Å². The van der Waals surface area contributed by atoms with Crippen LogP contribution in [-0.4, -0.2) is 65.6 Å². The van der Waals surface area contributed by atoms with E-state index in [-0.39, 0.29) is 29.1 Å². The number of ether oxygens (including phenoxy) is 3. The summed E-state index contributed by atoms with van der Waals surface area (Å²) in [7, 11) is 3.23. The minimum Gasteiger partial charge on any atom is -0.493 e. The van der Waals surface area contributed by atoms with Crippen LogP contribution >= 0.6 is 0 Å². The van der Waals surface area contributed by atoms with Crippen LogP contribution in [0.1, 0.15) is 70.3 Å². The summed E-state index contributed by atoms with van der Waals surface area (Å²) in [4.78, 5) is 16.8. The predicted octanol–water partition coefficient (Wildman–Crippen LogP) is 3.99. The fourth-order valence-corrected chi connectivity index (χ4v) is 9.65. The van der Waals surface area contributed by atoms with Crippen LogP contribution in [0.25, 0.3) is 0 Å². The first kappa shape index (κ1) is 27.7. The molecule has 1 aromatic carbocycles. The lowest BCUT2D eigenvalue weighted by molar-refractivity contribution is -0.237. The summed E-state index contributed by atoms with van der Waals surface area (Å²) in [6, 6.07) is 5.77. The van der Waals surface area contributed by atoms with Gasteiger partial charge in [-0.05, 0) is 92.4 Å². The number of methoxy groups -OCH3 is 2. The lowest BCUT2D eigenvalue weighted by atomic mass is 9.41. The number of hydrogen-bond donors (Lipinski definition) is 3. The van der Waals surface area contributed by atoms with E-state index in [0.29, 0.717) is 63.2 Å². The van der Waals surface area contributed by atoms with Crippen LogP contribution in [0.5, 0.6) is 11.5 Å². The molecule has 218 valence electrons. The first-order chi connectivity index (χ1) is 19.1. The van der Waals surface area contributed by atoms with Crippen molar-refractivity contribution in [3.05, 3.63) is 35.4 Å². The Bertz CT molecular complexity index is 1230. The number of aliphatic hydroxyl groups excluding tert-OH is 1. The molecule has 8 heteroatoms. The molecule has 3 N–H and O–H groups in total. The number of nitrogens with zero attached hydrogens (tertiary/aromatic N) is 1. The molecule has 1 aliphatic heterocycles. The molecule has 8 nitrogen and oxygen atoms in total. The van der Waals surface area contributed by atoms with Crippen molar-refractivity contribution < 1.29 is 34.3 Å². The third-order valence-electron chi connectivity index (χ3n) is 11.7. The lowest BCUT2D eigenvalue weighted by Gasteiger charge is -2.65. The Labute approximate surface area is 236 Å². The van der Waals surface area contributed by atoms with Crippen LogP contribution in [0.4, 0.5) is 0 Å². The highest BCUT2D eigenvalue weighted by Gasteiger charge is 2.71. The maximum absolute atomic E-state index is 12.6. The second-order valence-corrected chi connectivity index (χ2v) is 13.2. The molecule has 0 radical (unpaired) electrons. The van der Waals surface area contributed by atoms with Crippen LogP contribution in [0.3, 0.4) is 0 Å². The summed E-state index contributed by atoms with van der Waals surface area (Å²) in [5.74, 6) is 1.22. The zero-order valence-corrected chi connectivity index (χ0v) is 23.9. The second-order valence-electron chi connectivity index (χ2n) is 13.2. The first-order valence-electron chi connectivity index (χ1n) is 14.8. The van der Waals surface area contributed by atoms with Gasteiger partial charge in [0.05, 0.1) is 38.1 Å². The fourth-order valence-electron chi connectivity index (χ4n) is 9.65. The fraction of sp³-hybridized carbons (Fsp3) is 0.688. The van der Waals surface area contributed by atoms with Crippen molar-refractivity contribution in [1.29, 1.82) is 0 Å². The molecule has 40 heavy (non-hydrogen) atoms. The smallest absolute Gasteiger partial charge is 0.331 e. The quantitative estimate of drug-likeness (QED) is 0.360. The van der Waals surface area contributed by atoms with Crippen molar-refractivity contribution in [3.63, 3.8) is 0 Å². The second kappa shape index (κ2) is 9.85. The van der Waals surface area contributed by atoms with Gasteiger partial charge in [0.1, 0.15) is 6.61 Å². The number of fused-ring (bicyclic) bond motifs is 5. The van der Waals surface area contributed by atoms with Gasteiger partial charge in [0.2, 0.25) is 0 Å². The highest BCUT2D eigenvalue weighted by Crippen LogP contribution is 2.70. The number of rotatable bonds is 6. The highest BCUT2D eigenvalue weighted by atomic mass is 16.5. The van der Waals surface area contributed by atoms with E-state index >= 15 is 0 Å². The molecule has 4 saturated carbocycles. The number of aliphatic imine (C=N–C) groups is 1. The highest BCUT2D eigenvalue weighted by molar-refractivity contribution is 5.85. The number of esters is 1. The molecule has 5 aliphatic rings. The zero-order chi connectivity index (χ0) is 28.3. The minimum absolute atomic E-state index is 0.0120. The van der Waals surface area contributed by atoms with E-state index in [0.717, 1.165) is 30.4 Å². The third-order valence-corrected chi connectivity index (χ3v) is 11.7. The van der Waals surface area contributed by atoms with Crippen LogP contribution < -0.4 is 9.47 Å². The molecule has 1 aromatic rings. The van der Waals surface area contributed by atoms with Gasteiger partial charge in [0.25, 0.3) is 0 Å². The van der Waals surface area contributed by atoms with Gasteiger partial charge in [-0.3, -0.25) is 4.99 Å². The Balaban J connectivity index is 1.33. The Hall–Kier alpha value is -2.42. The van der Waals surface area contributed by atoms with Crippen molar-refractivity contribution in [2.24, 2.45) is 33.6 Å². The lowest BCUT2D eigenvalue weighted by Crippen LogP contribution is -2.68. The van der Waals surface area contributed by atoms with Crippen molar-refractivity contribution >= 4 is 12.2 Å². The Kier molecular flexibility index (Phi) is 6.83. The summed E-state index contributed by atoms with van der Waals surface area (Å²) in [6.45, 7) is 2.96. The van der Waals surface area contributed by atoms with E-state index in [2.05, 4.69) is 6.92 Å². The standard InChI is InChI=1S/C32H43NO7/c1-29-10-7-24-25(32(29,37)13-9-23(29)21-15-28(35)40-18-21)8-12-31(36)16-22(34)6-11-30(24,31)19-33-17-20-4-5-26(38-2)27(14-20)39-3/h4-5,14-15,19,22-25,34,36-37H,6-13,16-18H2,1-3H3/t22?,23?,24-,25?,29?,30?,31?,32?/m0/s1. The van der Waals surface area contributed by atoms with Gasteiger partial charge in [-0.25, -0.2) is 4.79 Å². The van der Waals surface area contributed by atoms with Crippen molar-refractivity contribution in [2.45, 2.75) is 88.6 Å². The molecule has 1 heterocycles. The average Bonchev–Trinajstić information content (AvgIpc) is 3.48. The van der Waals surface area contributed by atoms with E-state index in [1.54, 1.807) is 20.3 Å². The van der Waals surface area contributed by atoms with Gasteiger partial charge in [0, 0.05) is 29.5 Å². The normalized spacial score (nSPS) is 42.5. The molecule has 6 rings (SSSR count). The molecular formula is C32H43NO7. The number of carbonyl (C=O) groups excluding carboxylic acids is 1. The number of cyclic esters (lactones) is 1. The van der Waals surface area contributed by atoms with E-state index in [4.69, 9.17) is 19.2 Å². The Morgan fingerprint density at radius 1 is 1.02 bits per heavy atom. The van der Waals surface area contributed by atoms with E-state index in [1.807, 2.05) is 24.4 Å². The first-order valence-corrected chi connectivity index (χ1v) is 14.8. The summed E-state index contributed by atoms with van der Waals surface area (Å²) < 4.78 is 16.1. The van der Waals surface area contributed by atoms with Crippen LogP contribution in [0.2, 0.25) is 0 Å². The summed E-state index contributed by atoms with van der Waals surface area (Å²) in [5.41, 5.74) is -0.937. The van der Waals surface area contributed by atoms with Gasteiger partial charge in [0.15, 0.2) is 11.5 Å². The molecule has 8 atom stereocenters. The molecule has 0 spiro atoms.